The first kappa shape index (κ1) is 14.3. The van der Waals surface area contributed by atoms with E-state index in [-0.39, 0.29) is 0 Å². The molecule has 0 spiro atoms. The molecule has 3 rings (SSSR count). The Hall–Kier alpha value is -1.65. The Bertz CT molecular complexity index is 544. The highest BCUT2D eigenvalue weighted by Crippen LogP contribution is 2.17. The van der Waals surface area contributed by atoms with Gasteiger partial charge in [0.15, 0.2) is 0 Å². The monoisotopic (exact) mass is 285 g/mol. The zero-order valence-corrected chi connectivity index (χ0v) is 12.6. The zero-order chi connectivity index (χ0) is 14.5. The lowest BCUT2D eigenvalue weighted by atomic mass is 10.1. The molecule has 1 aliphatic heterocycles. The SMILES string of the molecule is Cc1[nH]cnc1CN1CCC(OCc2ccccc2)CC1. The molecule has 2 aromatic rings. The van der Waals surface area contributed by atoms with Crippen molar-refractivity contribution in [2.75, 3.05) is 13.1 Å². The number of benzene rings is 1. The zero-order valence-electron chi connectivity index (χ0n) is 12.6. The number of rotatable bonds is 5. The van der Waals surface area contributed by atoms with Crippen LogP contribution in [0.25, 0.3) is 0 Å². The fourth-order valence-electron chi connectivity index (χ4n) is 2.78. The molecule has 0 saturated carbocycles. The van der Waals surface area contributed by atoms with Crippen molar-refractivity contribution in [3.8, 4) is 0 Å². The van der Waals surface area contributed by atoms with Crippen LogP contribution in [0, 0.1) is 6.92 Å². The first-order valence-electron chi connectivity index (χ1n) is 7.68. The smallest absolute Gasteiger partial charge is 0.0925 e. The average molecular weight is 285 g/mol. The summed E-state index contributed by atoms with van der Waals surface area (Å²) in [5, 5.41) is 0. The molecule has 0 aliphatic carbocycles. The number of piperidine rings is 1. The summed E-state index contributed by atoms with van der Waals surface area (Å²) >= 11 is 0. The predicted octanol–water partition coefficient (Wildman–Crippen LogP) is 2.90. The lowest BCUT2D eigenvalue weighted by molar-refractivity contribution is -0.00415. The molecule has 1 aromatic heterocycles. The molecular formula is C17H23N3O. The maximum Gasteiger partial charge on any atom is 0.0925 e. The van der Waals surface area contributed by atoms with Gasteiger partial charge in [-0.25, -0.2) is 4.98 Å². The van der Waals surface area contributed by atoms with E-state index in [0.29, 0.717) is 6.10 Å². The van der Waals surface area contributed by atoms with Crippen LogP contribution >= 0.6 is 0 Å². The van der Waals surface area contributed by atoms with Gasteiger partial charge in [-0.1, -0.05) is 30.3 Å². The summed E-state index contributed by atoms with van der Waals surface area (Å²) in [5.74, 6) is 0. The van der Waals surface area contributed by atoms with Gasteiger partial charge in [0.25, 0.3) is 0 Å². The summed E-state index contributed by atoms with van der Waals surface area (Å²) in [4.78, 5) is 9.98. The molecular weight excluding hydrogens is 262 g/mol. The van der Waals surface area contributed by atoms with Crippen LogP contribution in [0.15, 0.2) is 36.7 Å². The van der Waals surface area contributed by atoms with Crippen LogP contribution in [0.4, 0.5) is 0 Å². The van der Waals surface area contributed by atoms with Crippen molar-refractivity contribution in [2.24, 2.45) is 0 Å². The lowest BCUT2D eigenvalue weighted by Gasteiger charge is -2.31. The minimum atomic E-state index is 0.390. The van der Waals surface area contributed by atoms with Gasteiger partial charge in [0.05, 0.1) is 24.7 Å². The molecule has 2 heterocycles. The van der Waals surface area contributed by atoms with Crippen molar-refractivity contribution < 1.29 is 4.74 Å². The van der Waals surface area contributed by atoms with Crippen molar-refractivity contribution in [1.29, 1.82) is 0 Å². The Labute approximate surface area is 126 Å². The Morgan fingerprint density at radius 2 is 2.00 bits per heavy atom. The summed E-state index contributed by atoms with van der Waals surface area (Å²) in [6.07, 6.45) is 4.38. The fraction of sp³-hybridized carbons (Fsp3) is 0.471. The van der Waals surface area contributed by atoms with Crippen molar-refractivity contribution >= 4 is 0 Å². The van der Waals surface area contributed by atoms with Crippen molar-refractivity contribution in [3.63, 3.8) is 0 Å². The minimum Gasteiger partial charge on any atom is -0.373 e. The summed E-state index contributed by atoms with van der Waals surface area (Å²) in [6.45, 7) is 5.93. The van der Waals surface area contributed by atoms with Crippen LogP contribution in [-0.4, -0.2) is 34.1 Å². The molecule has 0 unspecified atom stereocenters. The lowest BCUT2D eigenvalue weighted by Crippen LogP contribution is -2.36. The first-order valence-corrected chi connectivity index (χ1v) is 7.68. The molecule has 1 aromatic carbocycles. The highest BCUT2D eigenvalue weighted by Gasteiger charge is 2.20. The molecule has 21 heavy (non-hydrogen) atoms. The van der Waals surface area contributed by atoms with Gasteiger partial charge < -0.3 is 9.72 Å². The minimum absolute atomic E-state index is 0.390. The molecule has 1 N–H and O–H groups in total. The predicted molar refractivity (Wildman–Crippen MR) is 82.9 cm³/mol. The summed E-state index contributed by atoms with van der Waals surface area (Å²) in [6, 6.07) is 10.4. The van der Waals surface area contributed by atoms with Gasteiger partial charge in [0, 0.05) is 25.3 Å². The van der Waals surface area contributed by atoms with Crippen LogP contribution in [0.1, 0.15) is 29.8 Å². The van der Waals surface area contributed by atoms with E-state index in [4.69, 9.17) is 4.74 Å². The third-order valence-corrected chi connectivity index (χ3v) is 4.17. The Morgan fingerprint density at radius 3 is 2.67 bits per heavy atom. The summed E-state index contributed by atoms with van der Waals surface area (Å²) in [7, 11) is 0. The number of nitrogens with zero attached hydrogens (tertiary/aromatic N) is 2. The van der Waals surface area contributed by atoms with E-state index in [0.717, 1.165) is 39.1 Å². The number of hydrogen-bond acceptors (Lipinski definition) is 3. The molecule has 1 saturated heterocycles. The normalized spacial score (nSPS) is 17.2. The number of hydrogen-bond donors (Lipinski definition) is 1. The fourth-order valence-corrected chi connectivity index (χ4v) is 2.78. The van der Waals surface area contributed by atoms with Crippen molar-refractivity contribution in [3.05, 3.63) is 53.6 Å². The number of aromatic nitrogens is 2. The van der Waals surface area contributed by atoms with Crippen LogP contribution in [-0.2, 0) is 17.9 Å². The van der Waals surface area contributed by atoms with Crippen LogP contribution in [0.3, 0.4) is 0 Å². The molecule has 0 atom stereocenters. The van der Waals surface area contributed by atoms with Gasteiger partial charge in [-0.05, 0) is 25.3 Å². The average Bonchev–Trinajstić information content (AvgIpc) is 2.93. The van der Waals surface area contributed by atoms with Gasteiger partial charge in [-0.15, -0.1) is 0 Å². The second kappa shape index (κ2) is 6.87. The van der Waals surface area contributed by atoms with Gasteiger partial charge in [0.1, 0.15) is 0 Å². The van der Waals surface area contributed by atoms with Gasteiger partial charge in [-0.3, -0.25) is 4.90 Å². The van der Waals surface area contributed by atoms with E-state index in [1.54, 1.807) is 6.33 Å². The second-order valence-electron chi connectivity index (χ2n) is 5.75. The highest BCUT2D eigenvalue weighted by atomic mass is 16.5. The Kier molecular flexibility index (Phi) is 4.68. The first-order chi connectivity index (χ1) is 10.3. The Balaban J connectivity index is 1.42. The van der Waals surface area contributed by atoms with Crippen LogP contribution in [0.5, 0.6) is 0 Å². The molecule has 4 heteroatoms. The number of imidazole rings is 1. The van der Waals surface area contributed by atoms with Crippen LogP contribution in [0.2, 0.25) is 0 Å². The molecule has 1 fully saturated rings. The summed E-state index contributed by atoms with van der Waals surface area (Å²) < 4.78 is 6.03. The number of aryl methyl sites for hydroxylation is 1. The molecule has 0 bridgehead atoms. The highest BCUT2D eigenvalue weighted by molar-refractivity contribution is 5.13. The molecule has 4 nitrogen and oxygen atoms in total. The number of ether oxygens (including phenoxy) is 1. The molecule has 0 radical (unpaired) electrons. The number of H-pyrrole nitrogens is 1. The molecule has 112 valence electrons. The largest absolute Gasteiger partial charge is 0.373 e. The van der Waals surface area contributed by atoms with E-state index in [1.807, 2.05) is 6.07 Å². The number of aromatic amines is 1. The molecule has 0 amide bonds. The van der Waals surface area contributed by atoms with Crippen LogP contribution < -0.4 is 0 Å². The standard InChI is InChI=1S/C17H23N3O/c1-14-17(19-13-18-14)11-20-9-7-16(8-10-20)21-12-15-5-3-2-4-6-15/h2-6,13,16H,7-12H2,1H3,(H,18,19). The van der Waals surface area contributed by atoms with E-state index >= 15 is 0 Å². The van der Waals surface area contributed by atoms with E-state index in [9.17, 15) is 0 Å². The van der Waals surface area contributed by atoms with Crippen molar-refractivity contribution in [1.82, 2.24) is 14.9 Å². The van der Waals surface area contributed by atoms with Crippen molar-refractivity contribution in [2.45, 2.75) is 39.0 Å². The van der Waals surface area contributed by atoms with Gasteiger partial charge >= 0.3 is 0 Å². The van der Waals surface area contributed by atoms with E-state index in [2.05, 4.69) is 46.1 Å². The summed E-state index contributed by atoms with van der Waals surface area (Å²) in [5.41, 5.74) is 3.60. The van der Waals surface area contributed by atoms with E-state index in [1.165, 1.54) is 17.0 Å². The third-order valence-electron chi connectivity index (χ3n) is 4.17. The topological polar surface area (TPSA) is 41.2 Å². The number of likely N-dealkylation sites (tertiary alicyclic amines) is 1. The van der Waals surface area contributed by atoms with Gasteiger partial charge in [-0.2, -0.15) is 0 Å². The maximum atomic E-state index is 6.03. The Morgan fingerprint density at radius 1 is 1.24 bits per heavy atom. The van der Waals surface area contributed by atoms with E-state index < -0.39 is 0 Å². The van der Waals surface area contributed by atoms with Gasteiger partial charge in [0.2, 0.25) is 0 Å². The second-order valence-corrected chi connectivity index (χ2v) is 5.75. The third kappa shape index (κ3) is 3.93. The quantitative estimate of drug-likeness (QED) is 0.918. The molecule has 1 aliphatic rings. The number of nitrogens with one attached hydrogen (secondary N) is 1. The maximum absolute atomic E-state index is 6.03.